The van der Waals surface area contributed by atoms with E-state index in [2.05, 4.69) is 15.4 Å². The van der Waals surface area contributed by atoms with E-state index in [0.29, 0.717) is 23.0 Å². The van der Waals surface area contributed by atoms with Crippen LogP contribution in [-0.4, -0.2) is 20.7 Å². The molecule has 0 aliphatic heterocycles. The third-order valence-electron chi connectivity index (χ3n) is 4.41. The minimum absolute atomic E-state index is 0.182. The lowest BCUT2D eigenvalue weighted by Gasteiger charge is -2.12. The maximum atomic E-state index is 13.0. The first-order valence-electron chi connectivity index (χ1n) is 8.84. The Morgan fingerprint density at radius 1 is 1.00 bits per heavy atom. The van der Waals surface area contributed by atoms with Gasteiger partial charge in [-0.25, -0.2) is 4.68 Å². The van der Waals surface area contributed by atoms with Gasteiger partial charge in [-0.3, -0.25) is 14.6 Å². The maximum absolute atomic E-state index is 13.0. The Balaban J connectivity index is 1.83. The van der Waals surface area contributed by atoms with Crippen LogP contribution in [-0.2, 0) is 6.54 Å². The number of pyridine rings is 1. The van der Waals surface area contributed by atoms with E-state index in [1.165, 1.54) is 4.68 Å². The standard InChI is InChI=1S/C21H18N4O2/c1-2-13-25-21(27)15-8-4-3-7-14(15)19(24-25)20(26)23-18-11-5-10-17-16(18)9-6-12-22-17/h3-12H,2,13H2,1H3,(H,23,26). The summed E-state index contributed by atoms with van der Waals surface area (Å²) in [7, 11) is 0. The van der Waals surface area contributed by atoms with E-state index in [4.69, 9.17) is 0 Å². The molecule has 2 aromatic carbocycles. The molecule has 2 aromatic heterocycles. The molecule has 0 spiro atoms. The van der Waals surface area contributed by atoms with E-state index >= 15 is 0 Å². The lowest BCUT2D eigenvalue weighted by molar-refractivity contribution is 0.102. The van der Waals surface area contributed by atoms with Crippen LogP contribution in [0, 0.1) is 0 Å². The number of nitrogens with zero attached hydrogens (tertiary/aromatic N) is 3. The zero-order valence-electron chi connectivity index (χ0n) is 14.8. The molecule has 0 fully saturated rings. The van der Waals surface area contributed by atoms with Gasteiger partial charge in [0.25, 0.3) is 11.5 Å². The fraction of sp³-hybridized carbons (Fsp3) is 0.143. The summed E-state index contributed by atoms with van der Waals surface area (Å²) in [5.41, 5.74) is 1.51. The second-order valence-electron chi connectivity index (χ2n) is 6.25. The highest BCUT2D eigenvalue weighted by Crippen LogP contribution is 2.22. The van der Waals surface area contributed by atoms with E-state index in [9.17, 15) is 9.59 Å². The van der Waals surface area contributed by atoms with Crippen molar-refractivity contribution in [2.24, 2.45) is 0 Å². The Morgan fingerprint density at radius 3 is 2.59 bits per heavy atom. The van der Waals surface area contributed by atoms with Crippen LogP contribution < -0.4 is 10.9 Å². The molecule has 0 bridgehead atoms. The van der Waals surface area contributed by atoms with Crippen molar-refractivity contribution < 1.29 is 4.79 Å². The highest BCUT2D eigenvalue weighted by atomic mass is 16.2. The van der Waals surface area contributed by atoms with Crippen LogP contribution in [0.2, 0.25) is 0 Å². The largest absolute Gasteiger partial charge is 0.320 e. The van der Waals surface area contributed by atoms with Crippen LogP contribution in [0.5, 0.6) is 0 Å². The number of hydrogen-bond acceptors (Lipinski definition) is 4. The van der Waals surface area contributed by atoms with Gasteiger partial charge in [-0.15, -0.1) is 0 Å². The summed E-state index contributed by atoms with van der Waals surface area (Å²) in [5, 5.41) is 9.15. The van der Waals surface area contributed by atoms with Crippen molar-refractivity contribution >= 4 is 33.3 Å². The minimum Gasteiger partial charge on any atom is -0.320 e. The van der Waals surface area contributed by atoms with Crippen molar-refractivity contribution in [3.8, 4) is 0 Å². The van der Waals surface area contributed by atoms with Crippen LogP contribution in [0.3, 0.4) is 0 Å². The number of hydrogen-bond donors (Lipinski definition) is 1. The first-order chi connectivity index (χ1) is 13.2. The molecule has 2 heterocycles. The highest BCUT2D eigenvalue weighted by Gasteiger charge is 2.17. The molecule has 1 amide bonds. The van der Waals surface area contributed by atoms with Crippen LogP contribution in [0.25, 0.3) is 21.7 Å². The second-order valence-corrected chi connectivity index (χ2v) is 6.25. The highest BCUT2D eigenvalue weighted by molar-refractivity contribution is 6.13. The monoisotopic (exact) mass is 358 g/mol. The van der Waals surface area contributed by atoms with Gasteiger partial charge in [0.05, 0.1) is 16.6 Å². The number of fused-ring (bicyclic) bond motifs is 2. The SMILES string of the molecule is CCCn1nc(C(=O)Nc2cccc3ncccc23)c2ccccc2c1=O. The van der Waals surface area contributed by atoms with Gasteiger partial charge in [0.1, 0.15) is 0 Å². The molecule has 0 radical (unpaired) electrons. The van der Waals surface area contributed by atoms with Crippen molar-refractivity contribution in [1.82, 2.24) is 14.8 Å². The molecule has 134 valence electrons. The average molecular weight is 358 g/mol. The number of anilines is 1. The van der Waals surface area contributed by atoms with Gasteiger partial charge in [0, 0.05) is 23.5 Å². The number of carbonyl (C=O) groups excluding carboxylic acids is 1. The normalized spacial score (nSPS) is 11.0. The minimum atomic E-state index is -0.354. The molecule has 0 atom stereocenters. The molecule has 0 aliphatic carbocycles. The Bertz CT molecular complexity index is 1210. The molecule has 27 heavy (non-hydrogen) atoms. The number of amides is 1. The van der Waals surface area contributed by atoms with Crippen molar-refractivity contribution in [1.29, 1.82) is 0 Å². The molecule has 6 heteroatoms. The molecule has 4 aromatic rings. The van der Waals surface area contributed by atoms with Crippen molar-refractivity contribution in [2.75, 3.05) is 5.32 Å². The Morgan fingerprint density at radius 2 is 1.78 bits per heavy atom. The number of carbonyl (C=O) groups is 1. The van der Waals surface area contributed by atoms with Crippen molar-refractivity contribution in [2.45, 2.75) is 19.9 Å². The molecule has 1 N–H and O–H groups in total. The first-order valence-corrected chi connectivity index (χ1v) is 8.84. The molecule has 0 saturated heterocycles. The molecule has 0 unspecified atom stereocenters. The lowest BCUT2D eigenvalue weighted by atomic mass is 10.1. The predicted molar refractivity (Wildman–Crippen MR) is 106 cm³/mol. The number of benzene rings is 2. The summed E-state index contributed by atoms with van der Waals surface area (Å²) in [5.74, 6) is -0.354. The molecular weight excluding hydrogens is 340 g/mol. The van der Waals surface area contributed by atoms with Gasteiger partial charge in [-0.2, -0.15) is 5.10 Å². The number of aromatic nitrogens is 3. The Labute approximate surface area is 155 Å². The van der Waals surface area contributed by atoms with E-state index in [-0.39, 0.29) is 17.2 Å². The van der Waals surface area contributed by atoms with Crippen LogP contribution in [0.15, 0.2) is 65.6 Å². The number of nitrogens with one attached hydrogen (secondary N) is 1. The summed E-state index contributed by atoms with van der Waals surface area (Å²) in [6.45, 7) is 2.42. The van der Waals surface area contributed by atoms with Gasteiger partial charge < -0.3 is 5.32 Å². The Hall–Kier alpha value is -3.54. The number of rotatable bonds is 4. The fourth-order valence-electron chi connectivity index (χ4n) is 3.16. The quantitative estimate of drug-likeness (QED) is 0.605. The summed E-state index contributed by atoms with van der Waals surface area (Å²) in [4.78, 5) is 29.9. The molecule has 4 rings (SSSR count). The van der Waals surface area contributed by atoms with E-state index in [1.54, 1.807) is 30.5 Å². The Kier molecular flexibility index (Phi) is 4.38. The molecule has 0 saturated carbocycles. The van der Waals surface area contributed by atoms with E-state index in [0.717, 1.165) is 17.3 Å². The summed E-state index contributed by atoms with van der Waals surface area (Å²) in [6.07, 6.45) is 2.46. The zero-order chi connectivity index (χ0) is 18.8. The molecule has 0 aliphatic rings. The second kappa shape index (κ2) is 6.99. The first kappa shape index (κ1) is 16.9. The van der Waals surface area contributed by atoms with Gasteiger partial charge in [0.2, 0.25) is 0 Å². The average Bonchev–Trinajstić information content (AvgIpc) is 2.70. The van der Waals surface area contributed by atoms with E-state index < -0.39 is 0 Å². The smallest absolute Gasteiger partial charge is 0.276 e. The van der Waals surface area contributed by atoms with Crippen LogP contribution in [0.4, 0.5) is 5.69 Å². The van der Waals surface area contributed by atoms with Crippen molar-refractivity contribution in [3.63, 3.8) is 0 Å². The van der Waals surface area contributed by atoms with Gasteiger partial charge >= 0.3 is 0 Å². The zero-order valence-corrected chi connectivity index (χ0v) is 14.8. The van der Waals surface area contributed by atoms with Gasteiger partial charge in [-0.05, 0) is 36.8 Å². The maximum Gasteiger partial charge on any atom is 0.276 e. The van der Waals surface area contributed by atoms with Gasteiger partial charge in [-0.1, -0.05) is 31.2 Å². The molecular formula is C21H18N4O2. The van der Waals surface area contributed by atoms with Crippen molar-refractivity contribution in [3.05, 3.63) is 76.8 Å². The summed E-state index contributed by atoms with van der Waals surface area (Å²) in [6, 6.07) is 16.4. The predicted octanol–water partition coefficient (Wildman–Crippen LogP) is 3.61. The summed E-state index contributed by atoms with van der Waals surface area (Å²) >= 11 is 0. The third kappa shape index (κ3) is 3.06. The third-order valence-corrected chi connectivity index (χ3v) is 4.41. The topological polar surface area (TPSA) is 76.9 Å². The fourth-order valence-corrected chi connectivity index (χ4v) is 3.16. The van der Waals surface area contributed by atoms with Gasteiger partial charge in [0.15, 0.2) is 5.69 Å². The van der Waals surface area contributed by atoms with Crippen LogP contribution in [0.1, 0.15) is 23.8 Å². The molecule has 6 nitrogen and oxygen atoms in total. The van der Waals surface area contributed by atoms with E-state index in [1.807, 2.05) is 37.3 Å². The number of aryl methyl sites for hydroxylation is 1. The van der Waals surface area contributed by atoms with Crippen LogP contribution >= 0.6 is 0 Å². The summed E-state index contributed by atoms with van der Waals surface area (Å²) < 4.78 is 1.36. The lowest BCUT2D eigenvalue weighted by Crippen LogP contribution is -2.27.